The lowest BCUT2D eigenvalue weighted by Gasteiger charge is -2.31. The molecule has 1 saturated heterocycles. The highest BCUT2D eigenvalue weighted by Crippen LogP contribution is 2.26. The Morgan fingerprint density at radius 2 is 1.93 bits per heavy atom. The first-order valence-electron chi connectivity index (χ1n) is 8.90. The molecule has 0 saturated carbocycles. The van der Waals surface area contributed by atoms with Gasteiger partial charge in [-0.3, -0.25) is 14.9 Å². The van der Waals surface area contributed by atoms with Crippen LogP contribution >= 0.6 is 0 Å². The summed E-state index contributed by atoms with van der Waals surface area (Å²) in [6, 6.07) is 12.4. The van der Waals surface area contributed by atoms with Gasteiger partial charge in [0.05, 0.1) is 21.4 Å². The maximum Gasteiger partial charge on any atom is 0.271 e. The predicted octanol–water partition coefficient (Wildman–Crippen LogP) is 2.94. The first-order chi connectivity index (χ1) is 13.3. The Kier molecular flexibility index (Phi) is 5.76. The van der Waals surface area contributed by atoms with E-state index in [1.165, 1.54) is 28.6 Å². The summed E-state index contributed by atoms with van der Waals surface area (Å²) in [6.45, 7) is 2.18. The first kappa shape index (κ1) is 20.0. The largest absolute Gasteiger partial charge is 0.325 e. The molecule has 0 aliphatic carbocycles. The van der Waals surface area contributed by atoms with Crippen LogP contribution in [0.3, 0.4) is 0 Å². The lowest BCUT2D eigenvalue weighted by molar-refractivity contribution is -0.384. The fourth-order valence-electron chi connectivity index (χ4n) is 3.21. The molecule has 0 aromatic heterocycles. The molecule has 1 heterocycles. The molecular weight excluding hydrogens is 382 g/mol. The van der Waals surface area contributed by atoms with E-state index in [0.29, 0.717) is 30.6 Å². The third-order valence-corrected chi connectivity index (χ3v) is 6.71. The summed E-state index contributed by atoms with van der Waals surface area (Å²) in [6.07, 6.45) is 1.12. The minimum atomic E-state index is -3.66. The van der Waals surface area contributed by atoms with Gasteiger partial charge in [-0.2, -0.15) is 4.31 Å². The molecule has 9 heteroatoms. The highest BCUT2D eigenvalue weighted by Gasteiger charge is 2.33. The number of carbonyl (C=O) groups excluding carboxylic acids is 1. The summed E-state index contributed by atoms with van der Waals surface area (Å²) in [5.41, 5.74) is 0.948. The molecule has 1 amide bonds. The van der Waals surface area contributed by atoms with Gasteiger partial charge >= 0.3 is 0 Å². The Bertz CT molecular complexity index is 992. The predicted molar refractivity (Wildman–Crippen MR) is 104 cm³/mol. The summed E-state index contributed by atoms with van der Waals surface area (Å²) in [5.74, 6) is -0.859. The van der Waals surface area contributed by atoms with Gasteiger partial charge < -0.3 is 5.32 Å². The first-order valence-corrected chi connectivity index (χ1v) is 10.3. The van der Waals surface area contributed by atoms with Crippen molar-refractivity contribution in [2.24, 2.45) is 5.92 Å². The third kappa shape index (κ3) is 4.20. The van der Waals surface area contributed by atoms with Crippen molar-refractivity contribution in [1.29, 1.82) is 0 Å². The maximum absolute atomic E-state index is 12.8. The van der Waals surface area contributed by atoms with Crippen molar-refractivity contribution in [2.45, 2.75) is 24.7 Å². The summed E-state index contributed by atoms with van der Waals surface area (Å²) in [5, 5.41) is 13.7. The number of anilines is 1. The van der Waals surface area contributed by atoms with Gasteiger partial charge in [-0.25, -0.2) is 8.42 Å². The van der Waals surface area contributed by atoms with Crippen molar-refractivity contribution in [2.75, 3.05) is 18.4 Å². The van der Waals surface area contributed by atoms with Gasteiger partial charge in [0, 0.05) is 25.2 Å². The van der Waals surface area contributed by atoms with Gasteiger partial charge in [0.15, 0.2) is 0 Å². The van der Waals surface area contributed by atoms with Crippen LogP contribution in [-0.4, -0.2) is 36.6 Å². The molecule has 2 aromatic rings. The van der Waals surface area contributed by atoms with Gasteiger partial charge in [0.1, 0.15) is 0 Å². The fourth-order valence-corrected chi connectivity index (χ4v) is 4.75. The van der Waals surface area contributed by atoms with E-state index in [2.05, 4.69) is 5.32 Å². The molecule has 1 fully saturated rings. The summed E-state index contributed by atoms with van der Waals surface area (Å²) < 4.78 is 26.9. The number of nitro benzene ring substituents is 1. The van der Waals surface area contributed by atoms with Gasteiger partial charge in [-0.05, 0) is 37.5 Å². The van der Waals surface area contributed by atoms with Crippen LogP contribution in [0.4, 0.5) is 11.4 Å². The number of aryl methyl sites for hydroxylation is 1. The second-order valence-corrected chi connectivity index (χ2v) is 8.70. The van der Waals surface area contributed by atoms with E-state index in [1.807, 2.05) is 0 Å². The third-order valence-electron chi connectivity index (χ3n) is 4.83. The lowest BCUT2D eigenvalue weighted by atomic mass is 9.98. The van der Waals surface area contributed by atoms with Crippen molar-refractivity contribution in [3.8, 4) is 0 Å². The Balaban J connectivity index is 1.75. The molecule has 1 aliphatic rings. The quantitative estimate of drug-likeness (QED) is 0.610. The number of hydrogen-bond donors (Lipinski definition) is 1. The molecule has 1 atom stereocenters. The topological polar surface area (TPSA) is 110 Å². The van der Waals surface area contributed by atoms with Crippen LogP contribution in [0.1, 0.15) is 18.4 Å². The zero-order valence-corrected chi connectivity index (χ0v) is 16.2. The summed E-state index contributed by atoms with van der Waals surface area (Å²) >= 11 is 0. The van der Waals surface area contributed by atoms with Crippen molar-refractivity contribution < 1.29 is 18.1 Å². The number of hydrogen-bond acceptors (Lipinski definition) is 5. The molecule has 1 N–H and O–H groups in total. The van der Waals surface area contributed by atoms with E-state index >= 15 is 0 Å². The monoisotopic (exact) mass is 403 g/mol. The van der Waals surface area contributed by atoms with Crippen LogP contribution in [-0.2, 0) is 14.8 Å². The van der Waals surface area contributed by atoms with Crippen molar-refractivity contribution in [3.63, 3.8) is 0 Å². The number of carbonyl (C=O) groups is 1. The summed E-state index contributed by atoms with van der Waals surface area (Å²) in [7, 11) is -3.66. The van der Waals surface area contributed by atoms with Crippen molar-refractivity contribution in [3.05, 3.63) is 64.2 Å². The number of benzene rings is 2. The van der Waals surface area contributed by atoms with E-state index in [1.54, 1.807) is 31.2 Å². The minimum Gasteiger partial charge on any atom is -0.325 e. The molecule has 28 heavy (non-hydrogen) atoms. The Hall–Kier alpha value is -2.78. The molecule has 8 nitrogen and oxygen atoms in total. The van der Waals surface area contributed by atoms with E-state index in [4.69, 9.17) is 0 Å². The second-order valence-electron chi connectivity index (χ2n) is 6.76. The van der Waals surface area contributed by atoms with Crippen LogP contribution in [0.2, 0.25) is 0 Å². The summed E-state index contributed by atoms with van der Waals surface area (Å²) in [4.78, 5) is 23.3. The van der Waals surface area contributed by atoms with Crippen LogP contribution in [0.5, 0.6) is 0 Å². The second kappa shape index (κ2) is 8.07. The van der Waals surface area contributed by atoms with Crippen molar-refractivity contribution in [1.82, 2.24) is 4.31 Å². The molecule has 148 valence electrons. The van der Waals surface area contributed by atoms with Gasteiger partial charge in [-0.15, -0.1) is 0 Å². The number of non-ortho nitro benzene ring substituents is 1. The number of nitrogens with one attached hydrogen (secondary N) is 1. The Morgan fingerprint density at radius 1 is 1.21 bits per heavy atom. The smallest absolute Gasteiger partial charge is 0.271 e. The molecule has 1 aliphatic heterocycles. The zero-order chi connectivity index (χ0) is 20.3. The van der Waals surface area contributed by atoms with Crippen molar-refractivity contribution >= 4 is 27.3 Å². The lowest BCUT2D eigenvalue weighted by Crippen LogP contribution is -2.43. The highest BCUT2D eigenvalue weighted by molar-refractivity contribution is 7.89. The van der Waals surface area contributed by atoms with Crippen LogP contribution in [0.25, 0.3) is 0 Å². The normalized spacial score (nSPS) is 17.8. The fraction of sp³-hybridized carbons (Fsp3) is 0.316. The number of amides is 1. The average Bonchev–Trinajstić information content (AvgIpc) is 2.70. The number of piperidine rings is 1. The molecule has 1 unspecified atom stereocenters. The number of nitro groups is 1. The van der Waals surface area contributed by atoms with Gasteiger partial charge in [-0.1, -0.05) is 24.3 Å². The van der Waals surface area contributed by atoms with Crippen LogP contribution in [0.15, 0.2) is 53.4 Å². The molecule has 0 bridgehead atoms. The van der Waals surface area contributed by atoms with E-state index < -0.39 is 20.9 Å². The SMILES string of the molecule is Cc1ccc([N+](=O)[O-])cc1NC(=O)C1CCCN(S(=O)(=O)c2ccccc2)C1. The molecule has 0 spiro atoms. The number of rotatable bonds is 5. The van der Waals surface area contributed by atoms with E-state index in [-0.39, 0.29) is 23.0 Å². The molecule has 2 aromatic carbocycles. The average molecular weight is 403 g/mol. The standard InChI is InChI=1S/C19H21N3O5S/c1-14-9-10-16(22(24)25)12-18(14)20-19(23)15-6-5-11-21(13-15)28(26,27)17-7-3-2-4-8-17/h2-4,7-10,12,15H,5-6,11,13H2,1H3,(H,20,23). The molecule has 0 radical (unpaired) electrons. The number of nitrogens with zero attached hydrogens (tertiary/aromatic N) is 2. The Morgan fingerprint density at radius 3 is 2.61 bits per heavy atom. The van der Waals surface area contributed by atoms with E-state index in [0.717, 1.165) is 0 Å². The number of sulfonamides is 1. The highest BCUT2D eigenvalue weighted by atomic mass is 32.2. The molecular formula is C19H21N3O5S. The molecule has 3 rings (SSSR count). The van der Waals surface area contributed by atoms with Gasteiger partial charge in [0.25, 0.3) is 5.69 Å². The maximum atomic E-state index is 12.8. The van der Waals surface area contributed by atoms with Crippen LogP contribution in [0, 0.1) is 23.0 Å². The van der Waals surface area contributed by atoms with Gasteiger partial charge in [0.2, 0.25) is 15.9 Å². The van der Waals surface area contributed by atoms with E-state index in [9.17, 15) is 23.3 Å². The zero-order valence-electron chi connectivity index (χ0n) is 15.4. The Labute approximate surface area is 163 Å². The van der Waals surface area contributed by atoms with Crippen LogP contribution < -0.4 is 5.32 Å². The minimum absolute atomic E-state index is 0.0804.